The first-order valence-electron chi connectivity index (χ1n) is 10.7. The van der Waals surface area contributed by atoms with Gasteiger partial charge in [-0.05, 0) is 50.0 Å². The molecule has 1 saturated carbocycles. The van der Waals surface area contributed by atoms with Gasteiger partial charge in [0.2, 0.25) is 0 Å². The fraction of sp³-hybridized carbons (Fsp3) is 0.625. The molecule has 1 N–H and O–H groups in total. The lowest BCUT2D eigenvalue weighted by Crippen LogP contribution is -2.44. The average molecular weight is 398 g/mol. The SMILES string of the molecule is COC(=O)[C@@H]1CC2=CC(=O)CC[C@]2(C)C2=CCC3=C(CC[C@]3(C)CCC(=O)O)[C@@H]21. The molecule has 29 heavy (non-hydrogen) atoms. The molecule has 0 aromatic carbocycles. The van der Waals surface area contributed by atoms with Gasteiger partial charge >= 0.3 is 11.9 Å². The van der Waals surface area contributed by atoms with Crippen LogP contribution in [0.3, 0.4) is 0 Å². The van der Waals surface area contributed by atoms with Crippen LogP contribution in [-0.2, 0) is 19.1 Å². The summed E-state index contributed by atoms with van der Waals surface area (Å²) in [5.74, 6) is -1.10. The number of carbonyl (C=O) groups is 3. The van der Waals surface area contributed by atoms with Gasteiger partial charge in [-0.3, -0.25) is 14.4 Å². The molecule has 4 atom stereocenters. The van der Waals surface area contributed by atoms with Crippen LogP contribution in [0.2, 0.25) is 0 Å². The summed E-state index contributed by atoms with van der Waals surface area (Å²) in [4.78, 5) is 36.0. The van der Waals surface area contributed by atoms with E-state index in [1.165, 1.54) is 23.8 Å². The van der Waals surface area contributed by atoms with Crippen molar-refractivity contribution in [3.05, 3.63) is 34.4 Å². The first kappa shape index (κ1) is 20.1. The minimum Gasteiger partial charge on any atom is -0.481 e. The lowest BCUT2D eigenvalue weighted by molar-refractivity contribution is -0.147. The summed E-state index contributed by atoms with van der Waals surface area (Å²) >= 11 is 0. The number of aliphatic carboxylic acids is 1. The molecule has 4 aliphatic carbocycles. The Kier molecular flexibility index (Phi) is 4.83. The third-order valence-electron chi connectivity index (χ3n) is 8.09. The highest BCUT2D eigenvalue weighted by atomic mass is 16.5. The highest BCUT2D eigenvalue weighted by Gasteiger charge is 2.53. The highest BCUT2D eigenvalue weighted by molar-refractivity contribution is 5.92. The van der Waals surface area contributed by atoms with Crippen LogP contribution in [-0.4, -0.2) is 29.9 Å². The van der Waals surface area contributed by atoms with E-state index >= 15 is 0 Å². The van der Waals surface area contributed by atoms with Crippen LogP contribution in [0.25, 0.3) is 0 Å². The van der Waals surface area contributed by atoms with Gasteiger partial charge in [0.25, 0.3) is 0 Å². The third-order valence-corrected chi connectivity index (χ3v) is 8.09. The number of esters is 1. The quantitative estimate of drug-likeness (QED) is 0.561. The summed E-state index contributed by atoms with van der Waals surface area (Å²) in [6.45, 7) is 4.40. The maximum Gasteiger partial charge on any atom is 0.309 e. The smallest absolute Gasteiger partial charge is 0.309 e. The Labute approximate surface area is 171 Å². The van der Waals surface area contributed by atoms with Gasteiger partial charge in [-0.2, -0.15) is 0 Å². The zero-order chi connectivity index (χ0) is 21.0. The zero-order valence-electron chi connectivity index (χ0n) is 17.5. The Bertz CT molecular complexity index is 876. The number of rotatable bonds is 4. The molecule has 0 bridgehead atoms. The molecule has 0 heterocycles. The van der Waals surface area contributed by atoms with Crippen molar-refractivity contribution in [1.29, 1.82) is 0 Å². The molecule has 4 aliphatic rings. The molecule has 0 aromatic rings. The number of allylic oxidation sites excluding steroid dienone is 6. The molecule has 156 valence electrons. The Morgan fingerprint density at radius 3 is 2.69 bits per heavy atom. The maximum absolute atomic E-state index is 12.8. The predicted molar refractivity (Wildman–Crippen MR) is 108 cm³/mol. The number of hydrogen-bond acceptors (Lipinski definition) is 4. The number of hydrogen-bond donors (Lipinski definition) is 1. The van der Waals surface area contributed by atoms with Gasteiger partial charge in [0.1, 0.15) is 0 Å². The molecular formula is C24H30O5. The minimum absolute atomic E-state index is 0.0215. The number of carboxylic acids is 1. The molecular weight excluding hydrogens is 368 g/mol. The fourth-order valence-corrected chi connectivity index (χ4v) is 6.33. The van der Waals surface area contributed by atoms with Crippen LogP contribution in [0, 0.1) is 22.7 Å². The largest absolute Gasteiger partial charge is 0.481 e. The molecule has 0 aromatic heterocycles. The normalized spacial score (nSPS) is 35.9. The zero-order valence-corrected chi connectivity index (χ0v) is 17.5. The Morgan fingerprint density at radius 2 is 2.00 bits per heavy atom. The molecule has 4 rings (SSSR count). The maximum atomic E-state index is 12.8. The van der Waals surface area contributed by atoms with Crippen molar-refractivity contribution >= 4 is 17.7 Å². The van der Waals surface area contributed by atoms with Gasteiger partial charge in [-0.1, -0.05) is 42.2 Å². The van der Waals surface area contributed by atoms with Gasteiger partial charge in [-0.25, -0.2) is 0 Å². The first-order chi connectivity index (χ1) is 13.7. The Balaban J connectivity index is 1.77. The van der Waals surface area contributed by atoms with Gasteiger partial charge in [0.05, 0.1) is 13.0 Å². The molecule has 0 saturated heterocycles. The second-order valence-corrected chi connectivity index (χ2v) is 9.60. The van der Waals surface area contributed by atoms with Crippen LogP contribution in [0.15, 0.2) is 34.4 Å². The van der Waals surface area contributed by atoms with Crippen LogP contribution in [0.1, 0.15) is 65.2 Å². The van der Waals surface area contributed by atoms with E-state index in [1.54, 1.807) is 6.08 Å². The second kappa shape index (κ2) is 6.96. The number of ether oxygens (including phenoxy) is 1. The summed E-state index contributed by atoms with van der Waals surface area (Å²) in [7, 11) is 1.43. The molecule has 0 aliphatic heterocycles. The topological polar surface area (TPSA) is 80.7 Å². The van der Waals surface area contributed by atoms with Crippen LogP contribution >= 0.6 is 0 Å². The Hall–Kier alpha value is -2.17. The molecule has 1 fully saturated rings. The monoisotopic (exact) mass is 398 g/mol. The van der Waals surface area contributed by atoms with Gasteiger partial charge in [-0.15, -0.1) is 0 Å². The van der Waals surface area contributed by atoms with Crippen molar-refractivity contribution in [2.75, 3.05) is 7.11 Å². The minimum atomic E-state index is -0.758. The van der Waals surface area contributed by atoms with Crippen LogP contribution < -0.4 is 0 Å². The number of ketones is 1. The van der Waals surface area contributed by atoms with E-state index in [-0.39, 0.29) is 40.8 Å². The highest BCUT2D eigenvalue weighted by Crippen LogP contribution is 2.62. The van der Waals surface area contributed by atoms with E-state index in [9.17, 15) is 19.5 Å². The fourth-order valence-electron chi connectivity index (χ4n) is 6.33. The number of methoxy groups -OCH3 is 1. The predicted octanol–water partition coefficient (Wildman–Crippen LogP) is 4.38. The summed E-state index contributed by atoms with van der Waals surface area (Å²) in [6.07, 6.45) is 9.45. The average Bonchev–Trinajstić information content (AvgIpc) is 3.03. The van der Waals surface area contributed by atoms with Crippen molar-refractivity contribution in [3.8, 4) is 0 Å². The van der Waals surface area contributed by atoms with E-state index < -0.39 is 5.97 Å². The molecule has 0 spiro atoms. The van der Waals surface area contributed by atoms with Crippen molar-refractivity contribution < 1.29 is 24.2 Å². The summed E-state index contributed by atoms with van der Waals surface area (Å²) in [5.41, 5.74) is 4.74. The van der Waals surface area contributed by atoms with Crippen molar-refractivity contribution in [2.45, 2.75) is 65.2 Å². The van der Waals surface area contributed by atoms with Gasteiger partial charge in [0, 0.05) is 24.2 Å². The first-order valence-corrected chi connectivity index (χ1v) is 10.7. The molecule has 0 radical (unpaired) electrons. The lowest BCUT2D eigenvalue weighted by atomic mass is 9.53. The third kappa shape index (κ3) is 3.10. The summed E-state index contributed by atoms with van der Waals surface area (Å²) in [6, 6.07) is 0. The molecule has 0 unspecified atom stereocenters. The van der Waals surface area contributed by atoms with E-state index in [4.69, 9.17) is 4.74 Å². The van der Waals surface area contributed by atoms with Crippen molar-refractivity contribution in [3.63, 3.8) is 0 Å². The molecule has 0 amide bonds. The summed E-state index contributed by atoms with van der Waals surface area (Å²) < 4.78 is 5.18. The van der Waals surface area contributed by atoms with Crippen molar-refractivity contribution in [2.24, 2.45) is 22.7 Å². The van der Waals surface area contributed by atoms with E-state index in [1.807, 2.05) is 0 Å². The number of carboxylic acid groups (broad SMARTS) is 1. The Morgan fingerprint density at radius 1 is 1.24 bits per heavy atom. The van der Waals surface area contributed by atoms with Crippen LogP contribution in [0.4, 0.5) is 0 Å². The van der Waals surface area contributed by atoms with E-state index in [0.717, 1.165) is 31.3 Å². The van der Waals surface area contributed by atoms with E-state index in [0.29, 0.717) is 19.3 Å². The van der Waals surface area contributed by atoms with Crippen molar-refractivity contribution in [1.82, 2.24) is 0 Å². The van der Waals surface area contributed by atoms with E-state index in [2.05, 4.69) is 19.9 Å². The van der Waals surface area contributed by atoms with Crippen LogP contribution in [0.5, 0.6) is 0 Å². The standard InChI is InChI=1S/C24H30O5/c1-23(10-8-20(26)27)9-7-16-18(23)4-5-19-21(16)17(22(28)29-3)13-14-12-15(25)6-11-24(14,19)2/h5,12,17,21H,4,6-11,13H2,1-3H3,(H,26,27)/t17-,21-,23-,24+/m1/s1. The summed E-state index contributed by atoms with van der Waals surface area (Å²) in [5, 5.41) is 9.18. The second-order valence-electron chi connectivity index (χ2n) is 9.60. The molecule has 5 heteroatoms. The number of carbonyl (C=O) groups excluding carboxylic acids is 2. The van der Waals surface area contributed by atoms with Gasteiger partial charge in [0.15, 0.2) is 5.78 Å². The van der Waals surface area contributed by atoms with Gasteiger partial charge < -0.3 is 9.84 Å². The molecule has 5 nitrogen and oxygen atoms in total. The number of fused-ring (bicyclic) bond motifs is 4. The lowest BCUT2D eigenvalue weighted by Gasteiger charge is -2.50.